The van der Waals surface area contributed by atoms with Crippen LogP contribution in [0.4, 0.5) is 14.5 Å². The summed E-state index contributed by atoms with van der Waals surface area (Å²) in [7, 11) is 0. The zero-order chi connectivity index (χ0) is 16.7. The minimum Gasteiger partial charge on any atom is -0.465 e. The van der Waals surface area contributed by atoms with E-state index in [0.717, 1.165) is 5.56 Å². The number of nitrogens with zero attached hydrogens (tertiary/aromatic N) is 1. The summed E-state index contributed by atoms with van der Waals surface area (Å²) in [6, 6.07) is 5.01. The quantitative estimate of drug-likeness (QED) is 0.362. The van der Waals surface area contributed by atoms with Gasteiger partial charge in [-0.3, -0.25) is 4.79 Å². The van der Waals surface area contributed by atoms with Crippen molar-refractivity contribution in [1.82, 2.24) is 0 Å². The molecule has 0 radical (unpaired) electrons. The van der Waals surface area contributed by atoms with E-state index in [1.165, 1.54) is 0 Å². The van der Waals surface area contributed by atoms with E-state index < -0.39 is 18.2 Å². The zero-order valence-corrected chi connectivity index (χ0v) is 13.0. The van der Waals surface area contributed by atoms with Gasteiger partial charge >= 0.3 is 5.97 Å². The normalized spacial score (nSPS) is 11.4. The summed E-state index contributed by atoms with van der Waals surface area (Å²) in [5.74, 6) is -1.22. The Labute approximate surface area is 132 Å². The van der Waals surface area contributed by atoms with Gasteiger partial charge in [0.2, 0.25) is 0 Å². The summed E-state index contributed by atoms with van der Waals surface area (Å²) in [6.07, 6.45) is -2.86. The summed E-state index contributed by atoms with van der Waals surface area (Å²) in [5, 5.41) is 2.91. The minimum atomic E-state index is -2.86. The monoisotopic (exact) mass is 329 g/mol. The van der Waals surface area contributed by atoms with Crippen molar-refractivity contribution in [3.05, 3.63) is 29.3 Å². The van der Waals surface area contributed by atoms with Gasteiger partial charge in [-0.1, -0.05) is 24.4 Å². The van der Waals surface area contributed by atoms with E-state index in [9.17, 15) is 13.6 Å². The number of amidine groups is 1. The third-order valence-corrected chi connectivity index (χ3v) is 2.99. The van der Waals surface area contributed by atoms with Gasteiger partial charge in [0.15, 0.2) is 5.84 Å². The second-order valence-electron chi connectivity index (χ2n) is 4.33. The van der Waals surface area contributed by atoms with Crippen LogP contribution in [0.25, 0.3) is 0 Å². The van der Waals surface area contributed by atoms with Crippen molar-refractivity contribution < 1.29 is 18.3 Å². The van der Waals surface area contributed by atoms with Crippen LogP contribution in [0.5, 0.6) is 0 Å². The van der Waals surface area contributed by atoms with Crippen LogP contribution in [0.2, 0.25) is 0 Å². The molecule has 5 nitrogen and oxygen atoms in total. The van der Waals surface area contributed by atoms with Crippen LogP contribution >= 0.6 is 12.2 Å². The van der Waals surface area contributed by atoms with E-state index in [4.69, 9.17) is 22.7 Å². The summed E-state index contributed by atoms with van der Waals surface area (Å²) in [6.45, 7) is 3.84. The van der Waals surface area contributed by atoms with E-state index in [1.807, 2.05) is 6.92 Å². The molecule has 1 rings (SSSR count). The predicted octanol–water partition coefficient (Wildman–Crippen LogP) is 2.27. The smallest absolute Gasteiger partial charge is 0.325 e. The molecular weight excluding hydrogens is 312 g/mol. The van der Waals surface area contributed by atoms with Gasteiger partial charge in [0, 0.05) is 11.3 Å². The Morgan fingerprint density at radius 2 is 2.18 bits per heavy atom. The second-order valence-corrected chi connectivity index (χ2v) is 4.72. The molecule has 120 valence electrons. The molecule has 3 N–H and O–H groups in total. The lowest BCUT2D eigenvalue weighted by Crippen LogP contribution is -2.22. The first-order valence-corrected chi connectivity index (χ1v) is 6.92. The molecule has 0 unspecified atom stereocenters. The Bertz CT molecular complexity index is 591. The van der Waals surface area contributed by atoms with E-state index in [2.05, 4.69) is 10.3 Å². The number of nitrogens with one attached hydrogen (secondary N) is 1. The molecular formula is C14H17F2N3O2S. The molecule has 0 saturated carbocycles. The van der Waals surface area contributed by atoms with Gasteiger partial charge in [-0.2, -0.15) is 0 Å². The SMILES string of the molecule is CCOC(=O)CNc1cc(C(=S)N=C(N)C(F)F)ccc1C. The number of thiocarbonyl (C=S) groups is 1. The summed E-state index contributed by atoms with van der Waals surface area (Å²) < 4.78 is 29.5. The van der Waals surface area contributed by atoms with Crippen LogP contribution in [0.1, 0.15) is 18.1 Å². The molecule has 22 heavy (non-hydrogen) atoms. The fourth-order valence-electron chi connectivity index (χ4n) is 1.56. The number of hydrogen-bond acceptors (Lipinski definition) is 4. The third-order valence-electron chi connectivity index (χ3n) is 2.67. The molecule has 0 atom stereocenters. The number of nitrogens with two attached hydrogens (primary N) is 1. The van der Waals surface area contributed by atoms with E-state index >= 15 is 0 Å². The molecule has 0 aliphatic heterocycles. The Balaban J connectivity index is 2.87. The number of carbonyl (C=O) groups excluding carboxylic acids is 1. The van der Waals surface area contributed by atoms with E-state index in [0.29, 0.717) is 17.9 Å². The number of hydrogen-bond donors (Lipinski definition) is 2. The fraction of sp³-hybridized carbons (Fsp3) is 0.357. The van der Waals surface area contributed by atoms with Crippen molar-refractivity contribution in [2.75, 3.05) is 18.5 Å². The first-order valence-electron chi connectivity index (χ1n) is 6.51. The van der Waals surface area contributed by atoms with Gasteiger partial charge in [-0.05, 0) is 25.5 Å². The van der Waals surface area contributed by atoms with Crippen LogP contribution in [0.3, 0.4) is 0 Å². The lowest BCUT2D eigenvalue weighted by Gasteiger charge is -2.11. The van der Waals surface area contributed by atoms with E-state index in [-0.39, 0.29) is 11.5 Å². The molecule has 1 aromatic carbocycles. The van der Waals surface area contributed by atoms with Crippen LogP contribution < -0.4 is 11.1 Å². The Hall–Kier alpha value is -2.09. The molecule has 0 spiro atoms. The molecule has 0 saturated heterocycles. The van der Waals surface area contributed by atoms with Crippen LogP contribution in [0.15, 0.2) is 23.2 Å². The van der Waals surface area contributed by atoms with Crippen molar-refractivity contribution in [2.24, 2.45) is 10.7 Å². The van der Waals surface area contributed by atoms with Crippen molar-refractivity contribution in [3.8, 4) is 0 Å². The number of halogens is 2. The number of benzene rings is 1. The molecule has 0 aromatic heterocycles. The van der Waals surface area contributed by atoms with Gasteiger partial charge in [0.05, 0.1) is 6.61 Å². The topological polar surface area (TPSA) is 76.7 Å². The molecule has 8 heteroatoms. The molecule has 0 bridgehead atoms. The van der Waals surface area contributed by atoms with Crippen LogP contribution in [0, 0.1) is 6.92 Å². The lowest BCUT2D eigenvalue weighted by atomic mass is 10.1. The maximum absolute atomic E-state index is 12.4. The first kappa shape index (κ1) is 18.0. The Morgan fingerprint density at radius 1 is 1.50 bits per heavy atom. The van der Waals surface area contributed by atoms with E-state index in [1.54, 1.807) is 25.1 Å². The molecule has 0 aliphatic rings. The van der Waals surface area contributed by atoms with Crippen LogP contribution in [-0.4, -0.2) is 36.4 Å². The van der Waals surface area contributed by atoms with Gasteiger partial charge < -0.3 is 15.8 Å². The third kappa shape index (κ3) is 5.36. The highest BCUT2D eigenvalue weighted by Crippen LogP contribution is 2.18. The maximum atomic E-state index is 12.4. The first-order chi connectivity index (χ1) is 10.3. The Morgan fingerprint density at radius 3 is 2.77 bits per heavy atom. The molecule has 0 fully saturated rings. The molecule has 0 heterocycles. The maximum Gasteiger partial charge on any atom is 0.325 e. The molecule has 1 aromatic rings. The molecule has 0 amide bonds. The number of ether oxygens (including phenoxy) is 1. The van der Waals surface area contributed by atoms with Crippen molar-refractivity contribution in [3.63, 3.8) is 0 Å². The lowest BCUT2D eigenvalue weighted by molar-refractivity contribution is -0.140. The number of carbonyl (C=O) groups is 1. The van der Waals surface area contributed by atoms with Crippen molar-refractivity contribution in [2.45, 2.75) is 20.3 Å². The minimum absolute atomic E-state index is 0.00661. The standard InChI is InChI=1S/C14H17F2N3O2S/c1-3-21-11(20)7-18-10-6-9(5-4-8(10)2)14(22)19-13(17)12(15)16/h4-6,12,18H,3,7H2,1-2H3,(H2,17,19,22). The predicted molar refractivity (Wildman–Crippen MR) is 85.6 cm³/mol. The Kier molecular flexibility index (Phi) is 6.84. The molecule has 0 aliphatic carbocycles. The average molecular weight is 329 g/mol. The second kappa shape index (κ2) is 8.38. The summed E-state index contributed by atoms with van der Waals surface area (Å²) in [5.41, 5.74) is 7.04. The van der Waals surface area contributed by atoms with Gasteiger partial charge in [0.1, 0.15) is 11.5 Å². The van der Waals surface area contributed by atoms with Gasteiger partial charge in [-0.15, -0.1) is 0 Å². The summed E-state index contributed by atoms with van der Waals surface area (Å²) >= 11 is 4.98. The van der Waals surface area contributed by atoms with Gasteiger partial charge in [0.25, 0.3) is 6.43 Å². The highest BCUT2D eigenvalue weighted by atomic mass is 32.1. The highest BCUT2D eigenvalue weighted by Gasteiger charge is 2.11. The number of esters is 1. The number of aryl methyl sites for hydroxylation is 1. The highest BCUT2D eigenvalue weighted by molar-refractivity contribution is 7.80. The fourth-order valence-corrected chi connectivity index (χ4v) is 1.79. The largest absolute Gasteiger partial charge is 0.465 e. The zero-order valence-electron chi connectivity index (χ0n) is 12.2. The average Bonchev–Trinajstić information content (AvgIpc) is 2.46. The van der Waals surface area contributed by atoms with Gasteiger partial charge in [-0.25, -0.2) is 13.8 Å². The summed E-state index contributed by atoms with van der Waals surface area (Å²) in [4.78, 5) is 14.8. The number of alkyl halides is 2. The van der Waals surface area contributed by atoms with Crippen molar-refractivity contribution in [1.29, 1.82) is 0 Å². The number of rotatable bonds is 6. The number of anilines is 1. The number of aliphatic imine (C=N–C) groups is 1. The van der Waals surface area contributed by atoms with Crippen LogP contribution in [-0.2, 0) is 9.53 Å². The van der Waals surface area contributed by atoms with Crippen molar-refractivity contribution >= 4 is 34.7 Å².